The van der Waals surface area contributed by atoms with Gasteiger partial charge in [-0.15, -0.1) is 0 Å². The van der Waals surface area contributed by atoms with Crippen LogP contribution in [0.4, 0.5) is 5.69 Å². The normalized spacial score (nSPS) is 10.0. The number of hydrogen-bond donors (Lipinski definition) is 2. The Morgan fingerprint density at radius 1 is 0.923 bits per heavy atom. The molecule has 2 N–H and O–H groups in total. The number of amides is 2. The molecule has 2 rings (SSSR count). The van der Waals surface area contributed by atoms with Crippen LogP contribution in [0.3, 0.4) is 0 Å². The summed E-state index contributed by atoms with van der Waals surface area (Å²) in [5, 5.41) is 10.6. The molecule has 0 heterocycles. The minimum Gasteiger partial charge on any atom is -0.491 e. The lowest BCUT2D eigenvalue weighted by atomic mass is 10.2. The fourth-order valence-corrected chi connectivity index (χ4v) is 1.94. The third-order valence-corrected chi connectivity index (χ3v) is 3.30. The summed E-state index contributed by atoms with van der Waals surface area (Å²) in [7, 11) is 1.57. The third kappa shape index (κ3) is 5.28. The van der Waals surface area contributed by atoms with Crippen molar-refractivity contribution >= 4 is 17.5 Å². The molecule has 2 amide bonds. The van der Waals surface area contributed by atoms with Gasteiger partial charge < -0.3 is 9.47 Å². The molecule has 0 radical (unpaired) electrons. The van der Waals surface area contributed by atoms with Crippen molar-refractivity contribution in [3.05, 3.63) is 69.8 Å². The molecule has 0 spiro atoms. The number of nitro benzene ring substituents is 1. The van der Waals surface area contributed by atoms with Crippen LogP contribution in [0.5, 0.6) is 5.75 Å². The highest BCUT2D eigenvalue weighted by molar-refractivity contribution is 5.99. The van der Waals surface area contributed by atoms with Crippen molar-refractivity contribution in [3.8, 4) is 5.75 Å². The Morgan fingerprint density at radius 2 is 1.42 bits per heavy atom. The van der Waals surface area contributed by atoms with Gasteiger partial charge in [-0.1, -0.05) is 0 Å². The van der Waals surface area contributed by atoms with Gasteiger partial charge in [0.05, 0.1) is 11.5 Å². The molecular formula is C17H17N3O6. The second-order valence-corrected chi connectivity index (χ2v) is 5.08. The van der Waals surface area contributed by atoms with Gasteiger partial charge in [0.25, 0.3) is 17.5 Å². The van der Waals surface area contributed by atoms with E-state index < -0.39 is 16.7 Å². The number of methoxy groups -OCH3 is 1. The molecule has 9 heteroatoms. The number of nitro groups is 1. The first-order valence-corrected chi connectivity index (χ1v) is 7.58. The van der Waals surface area contributed by atoms with Gasteiger partial charge in [0, 0.05) is 30.4 Å². The first-order valence-electron chi connectivity index (χ1n) is 7.58. The number of non-ortho nitro benzene ring substituents is 1. The van der Waals surface area contributed by atoms with Gasteiger partial charge in [0.2, 0.25) is 0 Å². The Labute approximate surface area is 149 Å². The molecule has 0 atom stereocenters. The second kappa shape index (κ2) is 9.14. The van der Waals surface area contributed by atoms with E-state index >= 15 is 0 Å². The van der Waals surface area contributed by atoms with Gasteiger partial charge in [0.15, 0.2) is 0 Å². The van der Waals surface area contributed by atoms with E-state index in [9.17, 15) is 19.7 Å². The summed E-state index contributed by atoms with van der Waals surface area (Å²) in [6.45, 7) is 0.851. The van der Waals surface area contributed by atoms with E-state index in [-0.39, 0.29) is 11.3 Å². The lowest BCUT2D eigenvalue weighted by Gasteiger charge is -2.09. The molecule has 0 aliphatic heterocycles. The summed E-state index contributed by atoms with van der Waals surface area (Å²) in [5.41, 5.74) is 4.90. The van der Waals surface area contributed by atoms with E-state index in [2.05, 4.69) is 10.9 Å². The summed E-state index contributed by atoms with van der Waals surface area (Å²) in [6.07, 6.45) is 0. The molecule has 0 aromatic heterocycles. The third-order valence-electron chi connectivity index (χ3n) is 3.30. The number of hydrogen-bond acceptors (Lipinski definition) is 6. The molecule has 0 aliphatic rings. The average molecular weight is 359 g/mol. The summed E-state index contributed by atoms with van der Waals surface area (Å²) in [5.74, 6) is -0.509. The van der Waals surface area contributed by atoms with Crippen LogP contribution in [0.15, 0.2) is 48.5 Å². The fraction of sp³-hybridized carbons (Fsp3) is 0.176. The number of nitrogens with zero attached hydrogens (tertiary/aromatic N) is 1. The molecule has 0 saturated heterocycles. The van der Waals surface area contributed by atoms with Gasteiger partial charge in [-0.25, -0.2) is 0 Å². The SMILES string of the molecule is COCCOc1ccc(C(=O)NNC(=O)c2ccc([N+](=O)[O-])cc2)cc1. The predicted octanol–water partition coefficient (Wildman–Crippen LogP) is 1.69. The highest BCUT2D eigenvalue weighted by atomic mass is 16.6. The molecule has 0 aliphatic carbocycles. The molecule has 0 unspecified atom stereocenters. The van der Waals surface area contributed by atoms with Crippen LogP contribution in [0.25, 0.3) is 0 Å². The maximum Gasteiger partial charge on any atom is 0.269 e. The molecule has 0 bridgehead atoms. The summed E-state index contributed by atoms with van der Waals surface area (Å²) in [4.78, 5) is 34.0. The zero-order chi connectivity index (χ0) is 18.9. The summed E-state index contributed by atoms with van der Waals surface area (Å²) >= 11 is 0. The maximum absolute atomic E-state index is 12.0. The molecule has 2 aromatic rings. The van der Waals surface area contributed by atoms with Crippen molar-refractivity contribution < 1.29 is 24.0 Å². The maximum atomic E-state index is 12.0. The smallest absolute Gasteiger partial charge is 0.269 e. The Bertz CT molecular complexity index is 774. The minimum atomic E-state index is -0.590. The first-order chi connectivity index (χ1) is 12.5. The van der Waals surface area contributed by atoms with E-state index in [0.717, 1.165) is 0 Å². The van der Waals surface area contributed by atoms with Crippen LogP contribution in [0, 0.1) is 10.1 Å². The number of hydrazine groups is 1. The molecular weight excluding hydrogens is 342 g/mol. The Hall–Kier alpha value is -3.46. The molecule has 0 fully saturated rings. The van der Waals surface area contributed by atoms with Crippen molar-refractivity contribution in [1.82, 2.24) is 10.9 Å². The standard InChI is InChI=1S/C17H17N3O6/c1-25-10-11-26-15-8-4-13(5-9-15)17(22)19-18-16(21)12-2-6-14(7-3-12)20(23)24/h2-9H,10-11H2,1H3,(H,18,21)(H,19,22). The second-order valence-electron chi connectivity index (χ2n) is 5.08. The predicted molar refractivity (Wildman–Crippen MR) is 91.8 cm³/mol. The Balaban J connectivity index is 1.87. The van der Waals surface area contributed by atoms with Crippen LogP contribution < -0.4 is 15.6 Å². The Kier molecular flexibility index (Phi) is 6.63. The van der Waals surface area contributed by atoms with Crippen LogP contribution in [0.1, 0.15) is 20.7 Å². The Morgan fingerprint density at radius 3 is 1.88 bits per heavy atom. The van der Waals surface area contributed by atoms with Crippen LogP contribution in [-0.2, 0) is 4.74 Å². The average Bonchev–Trinajstić information content (AvgIpc) is 2.66. The van der Waals surface area contributed by atoms with Crippen molar-refractivity contribution in [3.63, 3.8) is 0 Å². The van der Waals surface area contributed by atoms with E-state index in [1.165, 1.54) is 24.3 Å². The van der Waals surface area contributed by atoms with Gasteiger partial charge >= 0.3 is 0 Å². The number of ether oxygens (including phenoxy) is 2. The van der Waals surface area contributed by atoms with Crippen molar-refractivity contribution in [2.45, 2.75) is 0 Å². The summed E-state index contributed by atoms with van der Waals surface area (Å²) in [6, 6.07) is 11.4. The molecule has 136 valence electrons. The van der Waals surface area contributed by atoms with E-state index in [4.69, 9.17) is 9.47 Å². The van der Waals surface area contributed by atoms with Crippen LogP contribution >= 0.6 is 0 Å². The summed E-state index contributed by atoms with van der Waals surface area (Å²) < 4.78 is 10.3. The lowest BCUT2D eigenvalue weighted by molar-refractivity contribution is -0.384. The van der Waals surface area contributed by atoms with Crippen LogP contribution in [-0.4, -0.2) is 37.1 Å². The van der Waals surface area contributed by atoms with E-state index in [1.54, 1.807) is 31.4 Å². The molecule has 2 aromatic carbocycles. The van der Waals surface area contributed by atoms with Crippen molar-refractivity contribution in [1.29, 1.82) is 0 Å². The minimum absolute atomic E-state index is 0.126. The fourth-order valence-electron chi connectivity index (χ4n) is 1.94. The highest BCUT2D eigenvalue weighted by Crippen LogP contribution is 2.13. The number of nitrogens with one attached hydrogen (secondary N) is 2. The lowest BCUT2D eigenvalue weighted by Crippen LogP contribution is -2.41. The highest BCUT2D eigenvalue weighted by Gasteiger charge is 2.11. The number of carbonyl (C=O) groups excluding carboxylic acids is 2. The quantitative estimate of drug-likeness (QED) is 0.441. The van der Waals surface area contributed by atoms with Crippen molar-refractivity contribution in [2.24, 2.45) is 0 Å². The molecule has 9 nitrogen and oxygen atoms in total. The van der Waals surface area contributed by atoms with E-state index in [0.29, 0.717) is 24.5 Å². The molecule has 26 heavy (non-hydrogen) atoms. The molecule has 0 saturated carbocycles. The zero-order valence-electron chi connectivity index (χ0n) is 13.9. The van der Waals surface area contributed by atoms with Gasteiger partial charge in [-0.3, -0.25) is 30.6 Å². The number of rotatable bonds is 7. The van der Waals surface area contributed by atoms with Gasteiger partial charge in [-0.2, -0.15) is 0 Å². The largest absolute Gasteiger partial charge is 0.491 e. The zero-order valence-corrected chi connectivity index (χ0v) is 13.9. The number of carbonyl (C=O) groups is 2. The number of benzene rings is 2. The first kappa shape index (κ1) is 18.9. The monoisotopic (exact) mass is 359 g/mol. The van der Waals surface area contributed by atoms with Gasteiger partial charge in [0.1, 0.15) is 12.4 Å². The van der Waals surface area contributed by atoms with E-state index in [1.807, 2.05) is 0 Å². The van der Waals surface area contributed by atoms with Crippen LogP contribution in [0.2, 0.25) is 0 Å². The van der Waals surface area contributed by atoms with Gasteiger partial charge in [-0.05, 0) is 36.4 Å². The topological polar surface area (TPSA) is 120 Å². The van der Waals surface area contributed by atoms with Crippen molar-refractivity contribution in [2.75, 3.05) is 20.3 Å².